The fraction of sp³-hybridized carbons (Fsp3) is 0.103. The summed E-state index contributed by atoms with van der Waals surface area (Å²) in [5, 5.41) is 12.1. The number of benzene rings is 4. The molecule has 0 saturated heterocycles. The van der Waals surface area contributed by atoms with E-state index in [1.807, 2.05) is 31.2 Å². The fourth-order valence-corrected chi connectivity index (χ4v) is 4.90. The van der Waals surface area contributed by atoms with Crippen molar-refractivity contribution in [2.45, 2.75) is 18.4 Å². The van der Waals surface area contributed by atoms with Gasteiger partial charge in [0.1, 0.15) is 5.84 Å². The molecule has 5 N–H and O–H groups in total. The van der Waals surface area contributed by atoms with E-state index in [0.717, 1.165) is 16.7 Å². The first-order valence-corrected chi connectivity index (χ1v) is 13.7. The van der Waals surface area contributed by atoms with Crippen LogP contribution in [0.5, 0.6) is 0 Å². The van der Waals surface area contributed by atoms with Crippen molar-refractivity contribution in [2.75, 3.05) is 17.0 Å². The van der Waals surface area contributed by atoms with Crippen molar-refractivity contribution in [1.82, 2.24) is 5.01 Å². The lowest BCUT2D eigenvalue weighted by Crippen LogP contribution is -2.39. The number of sulfone groups is 1. The summed E-state index contributed by atoms with van der Waals surface area (Å²) >= 11 is 0. The van der Waals surface area contributed by atoms with Crippen LogP contribution in [0, 0.1) is 12.3 Å². The number of nitrogens with one attached hydrogen (secondary N) is 3. The van der Waals surface area contributed by atoms with Crippen LogP contribution in [-0.2, 0) is 16.4 Å². The summed E-state index contributed by atoms with van der Waals surface area (Å²) in [6.07, 6.45) is 1.18. The quantitative estimate of drug-likeness (QED) is 0.138. The highest BCUT2D eigenvalue weighted by atomic mass is 32.2. The topological polar surface area (TPSA) is 128 Å². The smallest absolute Gasteiger partial charge is 0.340 e. The van der Waals surface area contributed by atoms with E-state index in [9.17, 15) is 13.2 Å². The Morgan fingerprint density at radius 1 is 0.895 bits per heavy atom. The van der Waals surface area contributed by atoms with E-state index in [2.05, 4.69) is 10.7 Å². The molecule has 4 aromatic carbocycles. The molecule has 0 heterocycles. The maximum Gasteiger partial charge on any atom is 0.340 e. The molecule has 9 heteroatoms. The molecule has 0 saturated carbocycles. The molecular weight excluding hydrogens is 498 g/mol. The largest absolute Gasteiger partial charge is 0.384 e. The molecule has 0 fully saturated rings. The SMILES string of the molecule is Cc1ccccc1CN(Nc1cccc(C(=N)N)c1)C(=O)Nc1ccc(-c2ccccc2S(C)(=O)=O)cc1. The zero-order chi connectivity index (χ0) is 27.3. The highest BCUT2D eigenvalue weighted by Gasteiger charge is 2.17. The van der Waals surface area contributed by atoms with E-state index in [0.29, 0.717) is 22.5 Å². The second kappa shape index (κ2) is 11.2. The van der Waals surface area contributed by atoms with Crippen LogP contribution in [0.25, 0.3) is 11.1 Å². The number of nitrogen functional groups attached to an aromatic ring is 1. The van der Waals surface area contributed by atoms with Crippen molar-refractivity contribution < 1.29 is 13.2 Å². The number of hydrogen-bond acceptors (Lipinski definition) is 5. The molecule has 0 spiro atoms. The summed E-state index contributed by atoms with van der Waals surface area (Å²) in [7, 11) is -3.40. The van der Waals surface area contributed by atoms with Crippen molar-refractivity contribution in [3.8, 4) is 11.1 Å². The number of carbonyl (C=O) groups is 1. The lowest BCUT2D eigenvalue weighted by Gasteiger charge is -2.26. The molecule has 0 unspecified atom stereocenters. The van der Waals surface area contributed by atoms with E-state index in [-0.39, 0.29) is 17.3 Å². The Bertz CT molecular complexity index is 1580. The predicted molar refractivity (Wildman–Crippen MR) is 152 cm³/mol. The maximum absolute atomic E-state index is 13.4. The Kier molecular flexibility index (Phi) is 7.78. The van der Waals surface area contributed by atoms with Crippen LogP contribution >= 0.6 is 0 Å². The molecule has 0 aliphatic heterocycles. The summed E-state index contributed by atoms with van der Waals surface area (Å²) in [6.45, 7) is 2.26. The van der Waals surface area contributed by atoms with E-state index >= 15 is 0 Å². The summed E-state index contributed by atoms with van der Waals surface area (Å²) in [6, 6.07) is 28.2. The number of hydrogen-bond donors (Lipinski definition) is 4. The lowest BCUT2D eigenvalue weighted by molar-refractivity contribution is 0.220. The molecule has 0 atom stereocenters. The van der Waals surface area contributed by atoms with Gasteiger partial charge in [0.15, 0.2) is 9.84 Å². The van der Waals surface area contributed by atoms with Crippen LogP contribution < -0.4 is 16.5 Å². The summed E-state index contributed by atoms with van der Waals surface area (Å²) in [5.74, 6) is -0.0684. The Hall–Kier alpha value is -4.63. The Balaban J connectivity index is 1.58. The monoisotopic (exact) mass is 527 g/mol. The Labute approximate surface area is 222 Å². The molecule has 2 amide bonds. The van der Waals surface area contributed by atoms with Crippen molar-refractivity contribution in [3.63, 3.8) is 0 Å². The predicted octanol–water partition coefficient (Wildman–Crippen LogP) is 5.41. The first kappa shape index (κ1) is 26.4. The number of rotatable bonds is 8. The lowest BCUT2D eigenvalue weighted by atomic mass is 10.1. The number of amides is 2. The molecule has 0 bridgehead atoms. The van der Waals surface area contributed by atoms with Crippen LogP contribution in [-0.4, -0.2) is 31.5 Å². The van der Waals surface area contributed by atoms with Gasteiger partial charge in [-0.1, -0.05) is 66.7 Å². The molecule has 0 aliphatic rings. The summed E-state index contributed by atoms with van der Waals surface area (Å²) in [5.41, 5.74) is 13.8. The van der Waals surface area contributed by atoms with Gasteiger partial charge in [0.2, 0.25) is 0 Å². The number of urea groups is 1. The molecule has 8 nitrogen and oxygen atoms in total. The van der Waals surface area contributed by atoms with Gasteiger partial charge in [-0.2, -0.15) is 0 Å². The van der Waals surface area contributed by atoms with Crippen molar-refractivity contribution in [1.29, 1.82) is 5.41 Å². The molecule has 38 heavy (non-hydrogen) atoms. The highest BCUT2D eigenvalue weighted by Crippen LogP contribution is 2.28. The van der Waals surface area contributed by atoms with Gasteiger partial charge in [-0.3, -0.25) is 10.8 Å². The van der Waals surface area contributed by atoms with Gasteiger partial charge >= 0.3 is 6.03 Å². The minimum Gasteiger partial charge on any atom is -0.384 e. The molecule has 0 radical (unpaired) electrons. The zero-order valence-corrected chi connectivity index (χ0v) is 21.9. The van der Waals surface area contributed by atoms with Gasteiger partial charge in [-0.15, -0.1) is 0 Å². The minimum absolute atomic E-state index is 0.0684. The number of nitrogens with two attached hydrogens (primary N) is 1. The number of carbonyl (C=O) groups excluding carboxylic acids is 1. The van der Waals surface area contributed by atoms with Gasteiger partial charge in [-0.05, 0) is 53.9 Å². The fourth-order valence-electron chi connectivity index (χ4n) is 3.98. The van der Waals surface area contributed by atoms with Crippen LogP contribution in [0.15, 0.2) is 102 Å². The van der Waals surface area contributed by atoms with Crippen molar-refractivity contribution >= 4 is 33.1 Å². The van der Waals surface area contributed by atoms with Gasteiger partial charge in [-0.25, -0.2) is 18.2 Å². The zero-order valence-electron chi connectivity index (χ0n) is 21.1. The molecule has 194 valence electrons. The van der Waals surface area contributed by atoms with E-state index < -0.39 is 15.9 Å². The normalized spacial score (nSPS) is 11.0. The average Bonchev–Trinajstić information content (AvgIpc) is 2.89. The summed E-state index contributed by atoms with van der Waals surface area (Å²) in [4.78, 5) is 13.6. The second-order valence-electron chi connectivity index (χ2n) is 8.89. The first-order chi connectivity index (χ1) is 18.1. The number of aryl methyl sites for hydroxylation is 1. The van der Waals surface area contributed by atoms with Gasteiger partial charge in [0.25, 0.3) is 0 Å². The molecule has 4 aromatic rings. The highest BCUT2D eigenvalue weighted by molar-refractivity contribution is 7.90. The third kappa shape index (κ3) is 6.37. The second-order valence-corrected chi connectivity index (χ2v) is 10.9. The van der Waals surface area contributed by atoms with E-state index in [4.69, 9.17) is 11.1 Å². The third-order valence-corrected chi connectivity index (χ3v) is 7.16. The van der Waals surface area contributed by atoms with E-state index in [1.54, 1.807) is 72.8 Å². The Morgan fingerprint density at radius 3 is 2.26 bits per heavy atom. The van der Waals surface area contributed by atoms with Crippen LogP contribution in [0.4, 0.5) is 16.2 Å². The van der Waals surface area contributed by atoms with Crippen molar-refractivity contribution in [2.24, 2.45) is 5.73 Å². The van der Waals surface area contributed by atoms with Gasteiger partial charge in [0, 0.05) is 23.1 Å². The molecule has 4 rings (SSSR count). The maximum atomic E-state index is 13.4. The standard InChI is InChI=1S/C29H29N5O3S/c1-20-8-3-4-9-23(20)19-34(33-25-11-7-10-22(18-25)28(30)31)29(35)32-24-16-14-21(15-17-24)26-12-5-6-13-27(26)38(2,36)37/h3-18,33H,19H2,1-2H3,(H3,30,31)(H,32,35). The van der Waals surface area contributed by atoms with Crippen LogP contribution in [0.2, 0.25) is 0 Å². The molecular formula is C29H29N5O3S. The minimum atomic E-state index is -3.40. The number of nitrogens with zero attached hydrogens (tertiary/aromatic N) is 1. The van der Waals surface area contributed by atoms with Gasteiger partial charge < -0.3 is 11.1 Å². The third-order valence-electron chi connectivity index (χ3n) is 6.01. The average molecular weight is 528 g/mol. The molecule has 0 aliphatic carbocycles. The van der Waals surface area contributed by atoms with Crippen molar-refractivity contribution in [3.05, 3.63) is 114 Å². The summed E-state index contributed by atoms with van der Waals surface area (Å²) < 4.78 is 24.4. The van der Waals surface area contributed by atoms with Crippen LogP contribution in [0.3, 0.4) is 0 Å². The first-order valence-electron chi connectivity index (χ1n) is 11.9. The number of anilines is 2. The Morgan fingerprint density at radius 2 is 1.58 bits per heavy atom. The van der Waals surface area contributed by atoms with E-state index in [1.165, 1.54) is 11.3 Å². The molecule has 0 aromatic heterocycles. The van der Waals surface area contributed by atoms with Gasteiger partial charge in [0.05, 0.1) is 17.1 Å². The van der Waals surface area contributed by atoms with Crippen LogP contribution in [0.1, 0.15) is 16.7 Å². The number of hydrazine groups is 1. The number of amidine groups is 1.